The first-order valence-electron chi connectivity index (χ1n) is 8.41. The first-order chi connectivity index (χ1) is 12.4. The summed E-state index contributed by atoms with van der Waals surface area (Å²) >= 11 is 0. The van der Waals surface area contributed by atoms with Gasteiger partial charge in [-0.2, -0.15) is 0 Å². The monoisotopic (exact) mass is 356 g/mol. The topological polar surface area (TPSA) is 107 Å². The Balaban J connectivity index is 1.73. The molecular weight excluding hydrogens is 340 g/mol. The van der Waals surface area contributed by atoms with Gasteiger partial charge >= 0.3 is 11.7 Å². The van der Waals surface area contributed by atoms with Gasteiger partial charge < -0.3 is 4.74 Å². The fraction of sp³-hybridized carbons (Fsp3) is 0.389. The number of hydrogen-bond donors (Lipinski definition) is 0. The Kier molecular flexibility index (Phi) is 3.64. The molecule has 26 heavy (non-hydrogen) atoms. The molecule has 8 nitrogen and oxygen atoms in total. The number of nitrogens with zero attached hydrogens (tertiary/aromatic N) is 2. The van der Waals surface area contributed by atoms with Gasteiger partial charge in [0, 0.05) is 13.0 Å². The number of hydrogen-bond acceptors (Lipinski definition) is 6. The van der Waals surface area contributed by atoms with Gasteiger partial charge in [0.2, 0.25) is 17.6 Å². The number of rotatable bonds is 3. The Bertz CT molecular complexity index is 844. The molecule has 1 aromatic carbocycles. The largest absolute Gasteiger partial charge is 0.419 e. The van der Waals surface area contributed by atoms with E-state index in [2.05, 4.69) is 0 Å². The third kappa shape index (κ3) is 2.33. The number of carbonyl (C=O) groups is 3. The molecule has 2 bridgehead atoms. The van der Waals surface area contributed by atoms with Crippen LogP contribution >= 0.6 is 0 Å². The maximum Gasteiger partial charge on any atom is 0.313 e. The molecule has 1 saturated heterocycles. The van der Waals surface area contributed by atoms with Crippen molar-refractivity contribution in [2.75, 3.05) is 4.90 Å². The van der Waals surface area contributed by atoms with E-state index in [9.17, 15) is 24.5 Å². The van der Waals surface area contributed by atoms with E-state index in [1.165, 1.54) is 12.1 Å². The van der Waals surface area contributed by atoms with E-state index < -0.39 is 28.4 Å². The molecule has 3 aliphatic carbocycles. The van der Waals surface area contributed by atoms with E-state index in [4.69, 9.17) is 4.74 Å². The van der Waals surface area contributed by atoms with Gasteiger partial charge in [0.05, 0.1) is 22.4 Å². The van der Waals surface area contributed by atoms with Crippen molar-refractivity contribution in [3.63, 3.8) is 0 Å². The van der Waals surface area contributed by atoms with Crippen molar-refractivity contribution in [3.8, 4) is 5.75 Å². The average Bonchev–Trinajstić information content (AvgIpc) is 2.89. The predicted molar refractivity (Wildman–Crippen MR) is 89.2 cm³/mol. The smallest absolute Gasteiger partial charge is 0.313 e. The van der Waals surface area contributed by atoms with Gasteiger partial charge in [-0.3, -0.25) is 24.5 Å². The van der Waals surface area contributed by atoms with Crippen molar-refractivity contribution in [1.29, 1.82) is 0 Å². The second-order valence-electron chi connectivity index (χ2n) is 6.86. The van der Waals surface area contributed by atoms with Crippen LogP contribution in [0.2, 0.25) is 0 Å². The maximum absolute atomic E-state index is 12.9. The summed E-state index contributed by atoms with van der Waals surface area (Å²) in [4.78, 5) is 48.6. The van der Waals surface area contributed by atoms with E-state index in [0.29, 0.717) is 0 Å². The molecule has 134 valence electrons. The summed E-state index contributed by atoms with van der Waals surface area (Å²) in [6.45, 7) is 1.14. The Morgan fingerprint density at radius 3 is 2.19 bits per heavy atom. The number of nitro groups is 1. The lowest BCUT2D eigenvalue weighted by Crippen LogP contribution is -2.38. The molecule has 4 atom stereocenters. The highest BCUT2D eigenvalue weighted by atomic mass is 16.6. The highest BCUT2D eigenvalue weighted by Gasteiger charge is 2.57. The molecule has 0 aromatic heterocycles. The lowest BCUT2D eigenvalue weighted by Gasteiger charge is -2.38. The first kappa shape index (κ1) is 16.4. The van der Waals surface area contributed by atoms with Crippen molar-refractivity contribution in [3.05, 3.63) is 40.5 Å². The zero-order valence-electron chi connectivity index (χ0n) is 14.0. The molecule has 1 saturated carbocycles. The molecule has 4 aliphatic rings. The minimum absolute atomic E-state index is 0.0433. The fourth-order valence-electron chi connectivity index (χ4n) is 4.36. The summed E-state index contributed by atoms with van der Waals surface area (Å²) < 4.78 is 4.84. The van der Waals surface area contributed by atoms with E-state index >= 15 is 0 Å². The van der Waals surface area contributed by atoms with Gasteiger partial charge in [-0.25, -0.2) is 4.90 Å². The zero-order chi connectivity index (χ0) is 18.6. The molecule has 2 fully saturated rings. The number of fused-ring (bicyclic) bond motifs is 1. The number of benzene rings is 1. The second-order valence-corrected chi connectivity index (χ2v) is 6.86. The lowest BCUT2D eigenvalue weighted by atomic mass is 9.63. The Labute approximate surface area is 148 Å². The molecule has 0 radical (unpaired) electrons. The Hall–Kier alpha value is -3.03. The summed E-state index contributed by atoms with van der Waals surface area (Å²) in [7, 11) is 0. The third-order valence-electron chi connectivity index (χ3n) is 5.41. The van der Waals surface area contributed by atoms with Crippen LogP contribution in [0.15, 0.2) is 30.4 Å². The number of allylic oxidation sites excluding steroid dienone is 2. The zero-order valence-corrected chi connectivity index (χ0v) is 14.0. The normalized spacial score (nSPS) is 29.0. The van der Waals surface area contributed by atoms with E-state index in [0.717, 1.165) is 30.7 Å². The quantitative estimate of drug-likeness (QED) is 0.205. The number of nitro benzene ring substituents is 1. The molecule has 1 aromatic rings. The summed E-state index contributed by atoms with van der Waals surface area (Å²) in [6.07, 6.45) is 5.77. The molecular formula is C18H16N2O6. The number of ether oxygens (including phenoxy) is 1. The van der Waals surface area contributed by atoms with Gasteiger partial charge in [0.25, 0.3) is 0 Å². The summed E-state index contributed by atoms with van der Waals surface area (Å²) in [6, 6.07) is 3.75. The predicted octanol–water partition coefficient (Wildman–Crippen LogP) is 2.22. The molecule has 5 rings (SSSR count). The van der Waals surface area contributed by atoms with Crippen molar-refractivity contribution in [2.24, 2.45) is 23.7 Å². The summed E-state index contributed by atoms with van der Waals surface area (Å²) in [5.41, 5.74) is -0.328. The summed E-state index contributed by atoms with van der Waals surface area (Å²) in [5, 5.41) is 11.3. The maximum atomic E-state index is 12.9. The van der Waals surface area contributed by atoms with Crippen LogP contribution in [0.3, 0.4) is 0 Å². The molecule has 1 heterocycles. The first-order valence-corrected chi connectivity index (χ1v) is 8.41. The van der Waals surface area contributed by atoms with Crippen LogP contribution in [0.1, 0.15) is 19.8 Å². The van der Waals surface area contributed by atoms with Gasteiger partial charge in [-0.05, 0) is 36.8 Å². The van der Waals surface area contributed by atoms with Crippen molar-refractivity contribution >= 4 is 29.2 Å². The van der Waals surface area contributed by atoms with Crippen LogP contribution in [0.4, 0.5) is 11.4 Å². The third-order valence-corrected chi connectivity index (χ3v) is 5.41. The molecule has 0 spiro atoms. The average molecular weight is 356 g/mol. The number of amides is 2. The van der Waals surface area contributed by atoms with Crippen LogP contribution in [0.25, 0.3) is 0 Å². The van der Waals surface area contributed by atoms with Crippen molar-refractivity contribution in [2.45, 2.75) is 19.8 Å². The van der Waals surface area contributed by atoms with Gasteiger partial charge in [0.15, 0.2) is 0 Å². The van der Waals surface area contributed by atoms with Crippen LogP contribution in [-0.2, 0) is 14.4 Å². The Morgan fingerprint density at radius 2 is 1.73 bits per heavy atom. The molecule has 8 heteroatoms. The highest BCUT2D eigenvalue weighted by molar-refractivity contribution is 6.22. The van der Waals surface area contributed by atoms with E-state index in [-0.39, 0.29) is 35.1 Å². The van der Waals surface area contributed by atoms with Crippen LogP contribution < -0.4 is 9.64 Å². The fourth-order valence-corrected chi connectivity index (χ4v) is 4.36. The van der Waals surface area contributed by atoms with Crippen LogP contribution in [0, 0.1) is 33.8 Å². The van der Waals surface area contributed by atoms with Gasteiger partial charge in [0.1, 0.15) is 0 Å². The van der Waals surface area contributed by atoms with Gasteiger partial charge in [-0.1, -0.05) is 12.2 Å². The highest BCUT2D eigenvalue weighted by Crippen LogP contribution is 2.50. The molecule has 0 N–H and O–H groups in total. The molecule has 2 amide bonds. The molecule has 0 unspecified atom stereocenters. The minimum atomic E-state index is -0.703. The van der Waals surface area contributed by atoms with Gasteiger partial charge in [-0.15, -0.1) is 0 Å². The minimum Gasteiger partial charge on any atom is -0.419 e. The summed E-state index contributed by atoms with van der Waals surface area (Å²) in [5.74, 6) is -2.23. The Morgan fingerprint density at radius 1 is 1.15 bits per heavy atom. The number of esters is 1. The van der Waals surface area contributed by atoms with E-state index in [1.807, 2.05) is 12.2 Å². The van der Waals surface area contributed by atoms with Crippen molar-refractivity contribution in [1.82, 2.24) is 0 Å². The standard InChI is InChI=1S/C18H16N2O6/c1-9(21)26-14-7-6-12(8-13(14)20(24)25)19-17(22)15-10-2-3-11(5-4-10)16(15)18(19)23/h2-3,6-8,10-11,15-16H,4-5H2,1H3/t10-,11+,15+,16-. The van der Waals surface area contributed by atoms with Crippen LogP contribution in [-0.4, -0.2) is 22.7 Å². The molecule has 1 aliphatic heterocycles. The number of carbonyl (C=O) groups excluding carboxylic acids is 3. The number of imide groups is 1. The van der Waals surface area contributed by atoms with Crippen LogP contribution in [0.5, 0.6) is 5.75 Å². The number of anilines is 1. The second kappa shape index (κ2) is 5.76. The van der Waals surface area contributed by atoms with E-state index in [1.54, 1.807) is 0 Å². The SMILES string of the molecule is CC(=O)Oc1ccc(N2C(=O)[C@@H]3[C@H](C2=O)[C@H]2C=C[C@@H]3CC2)cc1[N+](=O)[O-]. The van der Waals surface area contributed by atoms with Crippen molar-refractivity contribution < 1.29 is 24.0 Å². The lowest BCUT2D eigenvalue weighted by molar-refractivity contribution is -0.385.